The Balaban J connectivity index is 1.04. The highest BCUT2D eigenvalue weighted by atomic mass is 16.5. The van der Waals surface area contributed by atoms with Crippen LogP contribution in [0.5, 0.6) is 11.5 Å². The van der Waals surface area contributed by atoms with Crippen LogP contribution in [0.2, 0.25) is 0 Å². The molecule has 0 fully saturated rings. The number of hydrogen-bond acceptors (Lipinski definition) is 3. The molecular formula is C80H58N2O. The number of allylic oxidation sites excluding steroid dienone is 5. The van der Waals surface area contributed by atoms with Crippen molar-refractivity contribution in [2.45, 2.75) is 50.4 Å². The maximum Gasteiger partial charge on any atom is 0.132 e. The van der Waals surface area contributed by atoms with Crippen molar-refractivity contribution in [1.82, 2.24) is 0 Å². The predicted molar refractivity (Wildman–Crippen MR) is 343 cm³/mol. The Morgan fingerprint density at radius 1 is 0.349 bits per heavy atom. The van der Waals surface area contributed by atoms with Crippen molar-refractivity contribution >= 4 is 34.0 Å². The van der Waals surface area contributed by atoms with Crippen molar-refractivity contribution in [3.8, 4) is 67.1 Å². The lowest BCUT2D eigenvalue weighted by molar-refractivity contribution is 0.436. The van der Waals surface area contributed by atoms with Crippen LogP contribution in [0.25, 0.3) is 61.2 Å². The molecule has 1 heterocycles. The summed E-state index contributed by atoms with van der Waals surface area (Å²) in [6, 6.07) is 93.5. The molecule has 0 radical (unpaired) electrons. The third-order valence-electron chi connectivity index (χ3n) is 19.2. The summed E-state index contributed by atoms with van der Waals surface area (Å²) >= 11 is 0. The minimum Gasteiger partial charge on any atom is -0.457 e. The first-order valence-corrected chi connectivity index (χ1v) is 29.3. The number of ether oxygens (including phenoxy) is 1. The van der Waals surface area contributed by atoms with Crippen molar-refractivity contribution in [3.63, 3.8) is 0 Å². The topological polar surface area (TPSA) is 15.7 Å². The summed E-state index contributed by atoms with van der Waals surface area (Å²) in [5.74, 6) is 1.72. The standard InChI is InChI=1S/C80H58N2O/c1-78(2)64-38-18-15-34-58(64)60-36-17-22-42-70(76(60)78)81(50-26-7-5-8-27-50)52-46-62-56-32-13-11-30-54(56)55-31-12-14-33-57(55)63-47-53(82(51-28-9-6-10-29-51)71-43-25-37-61-59-35-16-19-39-65(59)79(3,4)77(61)71)49-69-75(63)74(62)68(48-52)80(69)66-40-20-23-44-72(66)83-73-45-24-21-41-67(73)80/h5-35,37-49H,36H2,1-4H3. The van der Waals surface area contributed by atoms with E-state index in [2.05, 4.69) is 304 Å². The minimum atomic E-state index is -0.871. The van der Waals surface area contributed by atoms with E-state index in [0.29, 0.717) is 0 Å². The largest absolute Gasteiger partial charge is 0.457 e. The molecule has 0 saturated heterocycles. The molecule has 0 unspecified atom stereocenters. The third kappa shape index (κ3) is 6.51. The molecule has 3 heteroatoms. The van der Waals surface area contributed by atoms with Crippen LogP contribution in [-0.4, -0.2) is 0 Å². The van der Waals surface area contributed by atoms with Crippen LogP contribution < -0.4 is 14.5 Å². The maximum atomic E-state index is 7.17. The van der Waals surface area contributed by atoms with Crippen LogP contribution in [0.1, 0.15) is 78.6 Å². The lowest BCUT2D eigenvalue weighted by atomic mass is 9.65. The SMILES string of the molecule is CC1(C)C2=C(CC=CC=C2N(c2ccccc2)c2cc3c4c(c2)C2(c5ccccc5Oc5ccccc52)c2cc(N(c5ccccc5)c5cccc6c5C(C)(C)c5ccccc5-6)cc(c2-4)-c2ccccc2-c2ccccc2-3)c2ccccc21. The van der Waals surface area contributed by atoms with Crippen LogP contribution in [0.3, 0.4) is 0 Å². The Labute approximate surface area is 486 Å². The van der Waals surface area contributed by atoms with E-state index >= 15 is 0 Å². The lowest BCUT2D eigenvalue weighted by Gasteiger charge is -2.41. The molecule has 1 spiro atoms. The molecule has 3 nitrogen and oxygen atoms in total. The summed E-state index contributed by atoms with van der Waals surface area (Å²) in [4.78, 5) is 5.15. The van der Waals surface area contributed by atoms with Gasteiger partial charge in [0.05, 0.1) is 16.8 Å². The second-order valence-corrected chi connectivity index (χ2v) is 24.2. The van der Waals surface area contributed by atoms with Gasteiger partial charge < -0.3 is 14.5 Å². The monoisotopic (exact) mass is 1060 g/mol. The fraction of sp³-hybridized carbons (Fsp3) is 0.100. The van der Waals surface area contributed by atoms with Gasteiger partial charge in [-0.2, -0.15) is 0 Å². The van der Waals surface area contributed by atoms with E-state index in [1.807, 2.05) is 0 Å². The van der Waals surface area contributed by atoms with Gasteiger partial charge in [-0.05, 0) is 179 Å². The summed E-state index contributed by atoms with van der Waals surface area (Å²) in [6.07, 6.45) is 7.88. The summed E-state index contributed by atoms with van der Waals surface area (Å²) in [5.41, 5.74) is 30.4. The number of hydrogen-bond donors (Lipinski definition) is 0. The molecule has 0 aromatic heterocycles. The minimum absolute atomic E-state index is 0.281. The van der Waals surface area contributed by atoms with Crippen LogP contribution in [0.4, 0.5) is 28.4 Å². The smallest absolute Gasteiger partial charge is 0.132 e. The zero-order valence-electron chi connectivity index (χ0n) is 46.9. The first kappa shape index (κ1) is 47.8. The van der Waals surface area contributed by atoms with Crippen molar-refractivity contribution in [2.24, 2.45) is 0 Å². The number of anilines is 5. The number of para-hydroxylation sites is 4. The highest BCUT2D eigenvalue weighted by Gasteiger charge is 2.54. The summed E-state index contributed by atoms with van der Waals surface area (Å²) in [7, 11) is 0. The van der Waals surface area contributed by atoms with Crippen molar-refractivity contribution < 1.29 is 4.74 Å². The summed E-state index contributed by atoms with van der Waals surface area (Å²) < 4.78 is 7.17. The fourth-order valence-electron chi connectivity index (χ4n) is 15.9. The maximum absolute atomic E-state index is 7.17. The lowest BCUT2D eigenvalue weighted by Crippen LogP contribution is -2.33. The van der Waals surface area contributed by atoms with E-state index in [0.717, 1.165) is 51.8 Å². The highest BCUT2D eigenvalue weighted by molar-refractivity contribution is 6.11. The molecule has 0 N–H and O–H groups in total. The van der Waals surface area contributed by atoms with Crippen molar-refractivity contribution in [2.75, 3.05) is 9.80 Å². The van der Waals surface area contributed by atoms with Crippen LogP contribution in [0, 0.1) is 0 Å². The van der Waals surface area contributed by atoms with E-state index in [-0.39, 0.29) is 10.8 Å². The molecule has 6 aliphatic rings. The first-order chi connectivity index (χ1) is 40.7. The third-order valence-corrected chi connectivity index (χ3v) is 19.2. The summed E-state index contributed by atoms with van der Waals surface area (Å²) in [5, 5.41) is 0. The number of fused-ring (bicyclic) bond motifs is 16. The number of rotatable bonds is 6. The molecule has 0 atom stereocenters. The van der Waals surface area contributed by atoms with Crippen molar-refractivity contribution in [3.05, 3.63) is 323 Å². The van der Waals surface area contributed by atoms with E-state index < -0.39 is 5.41 Å². The summed E-state index contributed by atoms with van der Waals surface area (Å²) in [6.45, 7) is 9.66. The van der Waals surface area contributed by atoms with Crippen molar-refractivity contribution in [1.29, 1.82) is 0 Å². The van der Waals surface area contributed by atoms with Gasteiger partial charge in [-0.1, -0.05) is 222 Å². The highest BCUT2D eigenvalue weighted by Crippen LogP contribution is 2.68. The van der Waals surface area contributed by atoms with Crippen LogP contribution in [-0.2, 0) is 16.2 Å². The molecule has 5 aliphatic carbocycles. The number of nitrogens with zero attached hydrogens (tertiary/aromatic N) is 2. The van der Waals surface area contributed by atoms with Gasteiger partial charge in [0.1, 0.15) is 11.5 Å². The fourth-order valence-corrected chi connectivity index (χ4v) is 15.9. The Kier molecular flexibility index (Phi) is 10.1. The van der Waals surface area contributed by atoms with E-state index in [1.165, 1.54) is 112 Å². The normalized spacial score (nSPS) is 15.8. The van der Waals surface area contributed by atoms with Crippen LogP contribution in [0.15, 0.2) is 278 Å². The Morgan fingerprint density at radius 2 is 0.795 bits per heavy atom. The van der Waals surface area contributed by atoms with Gasteiger partial charge in [0.25, 0.3) is 0 Å². The first-order valence-electron chi connectivity index (χ1n) is 29.3. The van der Waals surface area contributed by atoms with Gasteiger partial charge >= 0.3 is 0 Å². The molecule has 394 valence electrons. The van der Waals surface area contributed by atoms with Gasteiger partial charge in [0.15, 0.2) is 0 Å². The quantitative estimate of drug-likeness (QED) is 0.165. The molecule has 11 aromatic carbocycles. The second kappa shape index (κ2) is 17.5. The van der Waals surface area contributed by atoms with Gasteiger partial charge in [-0.15, -0.1) is 0 Å². The van der Waals surface area contributed by atoms with E-state index in [1.54, 1.807) is 0 Å². The van der Waals surface area contributed by atoms with E-state index in [4.69, 9.17) is 4.74 Å². The molecule has 0 saturated carbocycles. The average molecular weight is 1060 g/mol. The van der Waals surface area contributed by atoms with Gasteiger partial charge in [-0.25, -0.2) is 0 Å². The van der Waals surface area contributed by atoms with E-state index in [9.17, 15) is 0 Å². The zero-order valence-corrected chi connectivity index (χ0v) is 46.9. The Morgan fingerprint density at radius 3 is 1.37 bits per heavy atom. The van der Waals surface area contributed by atoms with Gasteiger partial charge in [-0.3, -0.25) is 0 Å². The Hall–Kier alpha value is -9.96. The molecular weight excluding hydrogens is 1000 g/mol. The Bertz CT molecular complexity index is 4640. The number of benzene rings is 11. The molecule has 0 amide bonds. The van der Waals surface area contributed by atoms with Crippen LogP contribution >= 0.6 is 0 Å². The molecule has 11 aromatic rings. The predicted octanol–water partition coefficient (Wildman–Crippen LogP) is 21.0. The molecule has 17 rings (SSSR count). The average Bonchev–Trinajstić information content (AvgIpc) is 1.91. The molecule has 1 aliphatic heterocycles. The van der Waals surface area contributed by atoms with Gasteiger partial charge in [0, 0.05) is 44.7 Å². The molecule has 0 bridgehead atoms. The molecule has 83 heavy (non-hydrogen) atoms. The van der Waals surface area contributed by atoms with Gasteiger partial charge in [0.2, 0.25) is 0 Å². The second-order valence-electron chi connectivity index (χ2n) is 24.2. The zero-order chi connectivity index (χ0) is 55.3.